The van der Waals surface area contributed by atoms with Crippen LogP contribution in [0.2, 0.25) is 0 Å². The highest BCUT2D eigenvalue weighted by Crippen LogP contribution is 2.15. The summed E-state index contributed by atoms with van der Waals surface area (Å²) < 4.78 is 7.20. The number of hydrogen-bond donors (Lipinski definition) is 1. The second-order valence-electron chi connectivity index (χ2n) is 3.42. The minimum Gasteiger partial charge on any atom is -0.383 e. The van der Waals surface area contributed by atoms with Gasteiger partial charge in [-0.2, -0.15) is 0 Å². The third-order valence-corrected chi connectivity index (χ3v) is 2.49. The van der Waals surface area contributed by atoms with E-state index in [4.69, 9.17) is 4.74 Å². The van der Waals surface area contributed by atoms with Gasteiger partial charge < -0.3 is 14.6 Å². The summed E-state index contributed by atoms with van der Waals surface area (Å²) in [6.07, 6.45) is 5.41. The van der Waals surface area contributed by atoms with Crippen molar-refractivity contribution in [3.05, 3.63) is 24.0 Å². The van der Waals surface area contributed by atoms with Crippen LogP contribution in [-0.4, -0.2) is 25.3 Å². The quantitative estimate of drug-likeness (QED) is 0.751. The smallest absolute Gasteiger partial charge is 0.0641 e. The highest BCUT2D eigenvalue weighted by Gasteiger charge is 2.07. The van der Waals surface area contributed by atoms with Gasteiger partial charge in [-0.05, 0) is 25.1 Å². The number of nitrogens with one attached hydrogen (secondary N) is 1. The number of rotatable bonds is 6. The summed E-state index contributed by atoms with van der Waals surface area (Å²) in [4.78, 5) is 0. The molecule has 0 saturated carbocycles. The Morgan fingerprint density at radius 3 is 2.93 bits per heavy atom. The van der Waals surface area contributed by atoms with E-state index in [1.165, 1.54) is 5.56 Å². The minimum absolute atomic E-state index is 0.471. The summed E-state index contributed by atoms with van der Waals surface area (Å²) in [7, 11) is 3.73. The molecule has 1 aromatic heterocycles. The Morgan fingerprint density at radius 1 is 1.57 bits per heavy atom. The van der Waals surface area contributed by atoms with Crippen molar-refractivity contribution >= 4 is 0 Å². The Bertz CT molecular complexity index is 254. The summed E-state index contributed by atoms with van der Waals surface area (Å²) >= 11 is 0. The summed E-state index contributed by atoms with van der Waals surface area (Å²) in [5.41, 5.74) is 1.35. The Morgan fingerprint density at radius 2 is 2.36 bits per heavy atom. The second kappa shape index (κ2) is 5.83. The highest BCUT2D eigenvalue weighted by molar-refractivity contribution is 5.15. The Labute approximate surface area is 86.1 Å². The fourth-order valence-electron chi connectivity index (χ4n) is 1.61. The van der Waals surface area contributed by atoms with Crippen molar-refractivity contribution in [2.24, 2.45) is 0 Å². The van der Waals surface area contributed by atoms with E-state index >= 15 is 0 Å². The molecule has 3 heteroatoms. The predicted octanol–water partition coefficient (Wildman–Crippen LogP) is 1.80. The summed E-state index contributed by atoms with van der Waals surface area (Å²) in [6.45, 7) is 3.88. The molecule has 0 aromatic carbocycles. The minimum atomic E-state index is 0.471. The van der Waals surface area contributed by atoms with Crippen LogP contribution in [0.25, 0.3) is 0 Å². The van der Waals surface area contributed by atoms with Crippen LogP contribution in [0.4, 0.5) is 0 Å². The Balaban J connectivity index is 2.57. The van der Waals surface area contributed by atoms with Crippen LogP contribution in [0, 0.1) is 0 Å². The lowest BCUT2D eigenvalue weighted by Gasteiger charge is -2.11. The summed E-state index contributed by atoms with van der Waals surface area (Å²) in [5.74, 6) is 0. The standard InChI is InChI=1S/C11H20N2O/c1-4-11(12-2)10-5-6-13(9-10)7-8-14-3/h5-6,9,11-12H,4,7-8H2,1-3H3. The summed E-state index contributed by atoms with van der Waals surface area (Å²) in [6, 6.07) is 2.64. The van der Waals surface area contributed by atoms with Gasteiger partial charge in [0.2, 0.25) is 0 Å². The van der Waals surface area contributed by atoms with Crippen molar-refractivity contribution in [3.63, 3.8) is 0 Å². The molecule has 1 heterocycles. The van der Waals surface area contributed by atoms with E-state index in [-0.39, 0.29) is 0 Å². The molecular weight excluding hydrogens is 176 g/mol. The van der Waals surface area contributed by atoms with E-state index in [1.807, 2.05) is 7.05 Å². The lowest BCUT2D eigenvalue weighted by Crippen LogP contribution is -2.14. The Hall–Kier alpha value is -0.800. The van der Waals surface area contributed by atoms with Gasteiger partial charge in [0.25, 0.3) is 0 Å². The molecule has 1 rings (SSSR count). The number of aromatic nitrogens is 1. The monoisotopic (exact) mass is 196 g/mol. The van der Waals surface area contributed by atoms with Crippen LogP contribution in [0.5, 0.6) is 0 Å². The third kappa shape index (κ3) is 2.86. The number of ether oxygens (including phenoxy) is 1. The molecule has 1 aromatic rings. The largest absolute Gasteiger partial charge is 0.383 e. The second-order valence-corrected chi connectivity index (χ2v) is 3.42. The van der Waals surface area contributed by atoms with Crippen LogP contribution < -0.4 is 5.32 Å². The van der Waals surface area contributed by atoms with Gasteiger partial charge in [-0.1, -0.05) is 6.92 Å². The molecule has 0 aliphatic rings. The molecule has 0 radical (unpaired) electrons. The van der Waals surface area contributed by atoms with Gasteiger partial charge in [-0.25, -0.2) is 0 Å². The number of nitrogens with zero attached hydrogens (tertiary/aromatic N) is 1. The average Bonchev–Trinajstić information content (AvgIpc) is 2.65. The molecule has 1 atom stereocenters. The molecule has 0 saturated heterocycles. The van der Waals surface area contributed by atoms with Gasteiger partial charge in [0.1, 0.15) is 0 Å². The molecule has 0 bridgehead atoms. The predicted molar refractivity (Wildman–Crippen MR) is 58.4 cm³/mol. The van der Waals surface area contributed by atoms with E-state index in [1.54, 1.807) is 7.11 Å². The molecule has 0 amide bonds. The molecule has 14 heavy (non-hydrogen) atoms. The van der Waals surface area contributed by atoms with Crippen molar-refractivity contribution < 1.29 is 4.74 Å². The van der Waals surface area contributed by atoms with Crippen LogP contribution in [0.15, 0.2) is 18.5 Å². The molecule has 1 N–H and O–H groups in total. The maximum atomic E-state index is 5.03. The van der Waals surface area contributed by atoms with Gasteiger partial charge >= 0.3 is 0 Å². The molecule has 0 spiro atoms. The normalized spacial score (nSPS) is 13.1. The van der Waals surface area contributed by atoms with Crippen molar-refractivity contribution in [2.45, 2.75) is 25.9 Å². The Kier molecular flexibility index (Phi) is 4.70. The first-order valence-corrected chi connectivity index (χ1v) is 5.13. The topological polar surface area (TPSA) is 26.2 Å². The molecule has 0 aliphatic carbocycles. The van der Waals surface area contributed by atoms with Crippen LogP contribution in [0.1, 0.15) is 24.9 Å². The van der Waals surface area contributed by atoms with Gasteiger partial charge in [0.15, 0.2) is 0 Å². The van der Waals surface area contributed by atoms with E-state index < -0.39 is 0 Å². The average molecular weight is 196 g/mol. The molecule has 80 valence electrons. The molecule has 0 aliphatic heterocycles. The van der Waals surface area contributed by atoms with Crippen molar-refractivity contribution in [2.75, 3.05) is 20.8 Å². The van der Waals surface area contributed by atoms with Crippen LogP contribution in [-0.2, 0) is 11.3 Å². The zero-order chi connectivity index (χ0) is 10.4. The first-order chi connectivity index (χ1) is 6.81. The number of hydrogen-bond acceptors (Lipinski definition) is 2. The highest BCUT2D eigenvalue weighted by atomic mass is 16.5. The van der Waals surface area contributed by atoms with Gasteiger partial charge in [-0.3, -0.25) is 0 Å². The van der Waals surface area contributed by atoms with Crippen molar-refractivity contribution in [3.8, 4) is 0 Å². The third-order valence-electron chi connectivity index (χ3n) is 2.49. The zero-order valence-corrected chi connectivity index (χ0v) is 9.29. The maximum absolute atomic E-state index is 5.03. The summed E-state index contributed by atoms with van der Waals surface area (Å²) in [5, 5.41) is 3.29. The SMILES string of the molecule is CCC(NC)c1ccn(CCOC)c1. The van der Waals surface area contributed by atoms with E-state index in [9.17, 15) is 0 Å². The van der Waals surface area contributed by atoms with Crippen molar-refractivity contribution in [1.29, 1.82) is 0 Å². The molecule has 0 fully saturated rings. The zero-order valence-electron chi connectivity index (χ0n) is 9.29. The fourth-order valence-corrected chi connectivity index (χ4v) is 1.61. The van der Waals surface area contributed by atoms with E-state index in [0.29, 0.717) is 6.04 Å². The fraction of sp³-hybridized carbons (Fsp3) is 0.636. The van der Waals surface area contributed by atoms with E-state index in [0.717, 1.165) is 19.6 Å². The molecule has 3 nitrogen and oxygen atoms in total. The van der Waals surface area contributed by atoms with E-state index in [2.05, 4.69) is 35.3 Å². The lowest BCUT2D eigenvalue weighted by molar-refractivity contribution is 0.187. The van der Waals surface area contributed by atoms with Crippen molar-refractivity contribution in [1.82, 2.24) is 9.88 Å². The van der Waals surface area contributed by atoms with Gasteiger partial charge in [0.05, 0.1) is 6.61 Å². The van der Waals surface area contributed by atoms with Crippen LogP contribution in [0.3, 0.4) is 0 Å². The number of methoxy groups -OCH3 is 1. The first-order valence-electron chi connectivity index (χ1n) is 5.13. The van der Waals surface area contributed by atoms with Crippen LogP contribution >= 0.6 is 0 Å². The maximum Gasteiger partial charge on any atom is 0.0641 e. The van der Waals surface area contributed by atoms with Gasteiger partial charge in [0, 0.05) is 32.1 Å². The van der Waals surface area contributed by atoms with Gasteiger partial charge in [-0.15, -0.1) is 0 Å². The molecule has 1 unspecified atom stereocenters. The lowest BCUT2D eigenvalue weighted by atomic mass is 10.1. The molecular formula is C11H20N2O. The first kappa shape index (κ1) is 11.3.